The van der Waals surface area contributed by atoms with Gasteiger partial charge in [-0.15, -0.1) is 20.0 Å². The highest BCUT2D eigenvalue weighted by Crippen LogP contribution is 2.48. The van der Waals surface area contributed by atoms with E-state index in [4.69, 9.17) is 87.2 Å². The maximum Gasteiger partial charge on any atom is 0.501 e. The number of oxime groups is 1. The number of H-pyrrole nitrogens is 1. The molecule has 11 atom stereocenters. The molecular weight excluding hydrogens is 1400 g/mol. The fourth-order valence-electron chi connectivity index (χ4n) is 11.8. The molecule has 556 valence electrons. The van der Waals surface area contributed by atoms with Crippen molar-refractivity contribution in [2.24, 2.45) is 21.1 Å². The summed E-state index contributed by atoms with van der Waals surface area (Å²) >= 11 is 6.70. The molecule has 0 spiro atoms. The molecule has 0 unspecified atom stereocenters. The van der Waals surface area contributed by atoms with Crippen molar-refractivity contribution in [1.29, 1.82) is 0 Å². The highest BCUT2D eigenvalue weighted by molar-refractivity contribution is 7.82. The van der Waals surface area contributed by atoms with Gasteiger partial charge in [0.15, 0.2) is 60.0 Å². The molecule has 103 heavy (non-hydrogen) atoms. The number of ether oxygens (including phenoxy) is 12. The van der Waals surface area contributed by atoms with Crippen LogP contribution in [0.15, 0.2) is 77.0 Å². The van der Waals surface area contributed by atoms with Crippen molar-refractivity contribution in [3.05, 3.63) is 99.6 Å². The summed E-state index contributed by atoms with van der Waals surface area (Å²) in [6.45, 7) is 14.4. The fraction of sp³-hybridized carbons (Fsp3) is 0.493. The SMILES string of the molecule is COC(=O)[C@H]1O[C@@H](Oc2ccc(C(=O)N(C)CC(C)(C)COCC(C)(C)CN=[N+]=[N-])cc2OS(=O)(=O)Oc2cc3c(c4cc(OC)ccc24)[C@H](CCl)CN3C(=O)c2cc3cc(/C(C)=N/O[C@@H]4O[C@H](C(=O)OC)[C@@H](OC(C)=O)[C@H](OC(C)=O)[C@H]4O)ccc3[nH]2)[C@H](OC(C)=O)[C@@H](OC(C)=O)[C@@H]1OC(C)=O. The number of azide groups is 1. The van der Waals surface area contributed by atoms with E-state index in [0.29, 0.717) is 33.2 Å². The summed E-state index contributed by atoms with van der Waals surface area (Å²) in [6, 6.07) is 15.7. The van der Waals surface area contributed by atoms with Crippen LogP contribution in [0, 0.1) is 10.8 Å². The summed E-state index contributed by atoms with van der Waals surface area (Å²) in [5.74, 6) is -10.5. The Labute approximate surface area is 595 Å². The van der Waals surface area contributed by atoms with Gasteiger partial charge in [-0.25, -0.2) is 9.59 Å². The number of alkyl halides is 1. The van der Waals surface area contributed by atoms with E-state index in [1.807, 2.05) is 27.7 Å². The minimum absolute atomic E-state index is 0.0408. The van der Waals surface area contributed by atoms with Crippen LogP contribution in [0.5, 0.6) is 23.0 Å². The molecule has 8 rings (SSSR count). The molecule has 0 radical (unpaired) electrons. The number of anilines is 1. The molecule has 0 aliphatic carbocycles. The van der Waals surface area contributed by atoms with Crippen molar-refractivity contribution >= 4 is 109 Å². The molecule has 2 amide bonds. The number of hydrogen-bond donors (Lipinski definition) is 2. The van der Waals surface area contributed by atoms with E-state index >= 15 is 4.79 Å². The van der Waals surface area contributed by atoms with Crippen LogP contribution in [0.2, 0.25) is 0 Å². The van der Waals surface area contributed by atoms with Gasteiger partial charge in [0.1, 0.15) is 11.4 Å². The second kappa shape index (κ2) is 33.0. The number of hydrogen-bond acceptors (Lipinski definition) is 29. The van der Waals surface area contributed by atoms with Gasteiger partial charge in [0.25, 0.3) is 18.1 Å². The normalized spacial score (nSPS) is 21.9. The molecule has 0 saturated carbocycles. The molecule has 3 aliphatic heterocycles. The van der Waals surface area contributed by atoms with Gasteiger partial charge in [-0.05, 0) is 89.0 Å². The van der Waals surface area contributed by atoms with E-state index in [1.54, 1.807) is 30.3 Å². The Kier molecular flexibility index (Phi) is 25.2. The van der Waals surface area contributed by atoms with E-state index in [2.05, 4.69) is 20.2 Å². The Morgan fingerprint density at radius 3 is 1.86 bits per heavy atom. The number of halogens is 1. The summed E-state index contributed by atoms with van der Waals surface area (Å²) in [4.78, 5) is 132. The molecule has 2 N–H and O–H groups in total. The van der Waals surface area contributed by atoms with E-state index in [-0.39, 0.29) is 66.8 Å². The number of aliphatic hydroxyl groups is 1. The maximum absolute atomic E-state index is 15.1. The lowest BCUT2D eigenvalue weighted by atomic mass is 9.92. The molecule has 1 aromatic heterocycles. The summed E-state index contributed by atoms with van der Waals surface area (Å²) < 4.78 is 108. The Morgan fingerprint density at radius 2 is 1.26 bits per heavy atom. The molecular formula is C67H78ClN7O27S. The van der Waals surface area contributed by atoms with Gasteiger partial charge in [0.05, 0.1) is 45.9 Å². The number of methoxy groups -OCH3 is 3. The molecule has 5 aromatic rings. The summed E-state index contributed by atoms with van der Waals surface area (Å²) in [5.41, 5.74) is 9.17. The minimum atomic E-state index is -5.51. The summed E-state index contributed by atoms with van der Waals surface area (Å²) in [7, 11) is -0.621. The third-order valence-corrected chi connectivity index (χ3v) is 17.3. The minimum Gasteiger partial charge on any atom is -0.497 e. The standard InChI is InChI=1S/C67H78ClN7O27S/c1-32(72-100-64-52(81)53(92-33(2)76)54(93-34(3)77)57(98-64)62(84)89-13)38-15-19-45-40(21-38)22-46(71-45)61(83)75-27-41(26-68)51-44-24-42(88-12)17-18-43(44)49(25-47(51)75)101-103(86,87)102-50-23-39(60(82)74(11)29-67(9,10)31-91-30-66(7,8)28-70-73-69)16-20-48(50)97-65-59(96-37(6)80)56(95-36(5)79)55(94-35(4)78)58(99-65)63(85)90-14/h15-25,41,52-59,64-65,71,81H,26-31H2,1-14H3/b72-32+/t41-,52-,53-,54+,55+,56+,57+,58+,59-,64+,65-/m1/s1. The Hall–Kier alpha value is -10.0. The van der Waals surface area contributed by atoms with Crippen LogP contribution in [-0.4, -0.2) is 211 Å². The van der Waals surface area contributed by atoms with Crippen LogP contribution in [0.3, 0.4) is 0 Å². The number of carbonyl (C=O) groups is 9. The summed E-state index contributed by atoms with van der Waals surface area (Å²) in [5, 5.41) is 20.0. The number of aromatic nitrogens is 1. The quantitative estimate of drug-likeness (QED) is 0.00799. The number of nitrogens with one attached hydrogen (secondary N) is 1. The van der Waals surface area contributed by atoms with E-state index in [9.17, 15) is 51.9 Å². The first-order chi connectivity index (χ1) is 48.5. The molecule has 2 fully saturated rings. The van der Waals surface area contributed by atoms with Gasteiger partial charge >= 0.3 is 52.2 Å². The summed E-state index contributed by atoms with van der Waals surface area (Å²) in [6.07, 6.45) is -18.2. The van der Waals surface area contributed by atoms with Crippen LogP contribution >= 0.6 is 11.6 Å². The van der Waals surface area contributed by atoms with Gasteiger partial charge in [0, 0.05) is 111 Å². The van der Waals surface area contributed by atoms with Crippen molar-refractivity contribution in [3.8, 4) is 23.0 Å². The van der Waals surface area contributed by atoms with Gasteiger partial charge in [0.2, 0.25) is 12.4 Å². The average Bonchev–Trinajstić information content (AvgIpc) is 1.62. The van der Waals surface area contributed by atoms with Gasteiger partial charge < -0.3 is 89.9 Å². The van der Waals surface area contributed by atoms with Crippen LogP contribution in [0.4, 0.5) is 5.69 Å². The zero-order chi connectivity index (χ0) is 75.7. The first-order valence-corrected chi connectivity index (χ1v) is 33.5. The zero-order valence-electron chi connectivity index (χ0n) is 58.5. The molecule has 4 heterocycles. The Balaban J connectivity index is 1.14. The molecule has 0 bridgehead atoms. The highest BCUT2D eigenvalue weighted by Gasteiger charge is 2.57. The maximum atomic E-state index is 15.1. The first kappa shape index (κ1) is 78.7. The number of carbonyl (C=O) groups excluding carboxylic acids is 9. The Morgan fingerprint density at radius 1 is 0.689 bits per heavy atom. The van der Waals surface area contributed by atoms with Crippen molar-refractivity contribution in [2.45, 2.75) is 137 Å². The van der Waals surface area contributed by atoms with Crippen molar-refractivity contribution in [1.82, 2.24) is 9.88 Å². The van der Waals surface area contributed by atoms with Crippen molar-refractivity contribution in [2.75, 3.05) is 72.0 Å². The molecule has 2 saturated heterocycles. The number of amides is 2. The zero-order valence-corrected chi connectivity index (χ0v) is 60.0. The van der Waals surface area contributed by atoms with Gasteiger partial charge in [-0.1, -0.05) is 44.0 Å². The predicted molar refractivity (Wildman–Crippen MR) is 359 cm³/mol. The van der Waals surface area contributed by atoms with Crippen LogP contribution in [0.1, 0.15) is 107 Å². The van der Waals surface area contributed by atoms with Crippen LogP contribution in [0.25, 0.3) is 32.1 Å². The third-order valence-electron chi connectivity index (χ3n) is 16.2. The lowest BCUT2D eigenvalue weighted by Gasteiger charge is -2.43. The van der Waals surface area contributed by atoms with Gasteiger partial charge in [-0.3, -0.25) is 33.6 Å². The average molecular weight is 1480 g/mol. The van der Waals surface area contributed by atoms with Crippen molar-refractivity contribution < 1.29 is 127 Å². The molecule has 34 nitrogen and oxygen atoms in total. The first-order valence-electron chi connectivity index (χ1n) is 31.7. The lowest BCUT2D eigenvalue weighted by molar-refractivity contribution is -0.299. The number of benzene rings is 4. The van der Waals surface area contributed by atoms with Crippen molar-refractivity contribution in [3.63, 3.8) is 0 Å². The number of nitrogens with zero attached hydrogens (tertiary/aromatic N) is 6. The second-order valence-corrected chi connectivity index (χ2v) is 27.2. The van der Waals surface area contributed by atoms with Crippen LogP contribution < -0.4 is 22.7 Å². The number of aromatic amines is 1. The molecule has 4 aromatic carbocycles. The van der Waals surface area contributed by atoms with E-state index in [1.165, 1.54) is 55.1 Å². The van der Waals surface area contributed by atoms with E-state index < -0.39 is 159 Å². The van der Waals surface area contributed by atoms with Gasteiger partial charge in [-0.2, -0.15) is 0 Å². The largest absolute Gasteiger partial charge is 0.501 e. The smallest absolute Gasteiger partial charge is 0.497 e. The van der Waals surface area contributed by atoms with Crippen LogP contribution in [-0.2, 0) is 96.2 Å². The molecule has 36 heteroatoms. The number of aliphatic hydroxyl groups excluding tert-OH is 1. The molecule has 3 aliphatic rings. The predicted octanol–water partition coefficient (Wildman–Crippen LogP) is 6.40. The topological polar surface area (TPSA) is 430 Å². The van der Waals surface area contributed by atoms with E-state index in [0.717, 1.165) is 61.0 Å². The third kappa shape index (κ3) is 19.0. The number of esters is 7. The Bertz CT molecular complexity index is 4290. The monoisotopic (exact) mass is 1480 g/mol. The fourth-order valence-corrected chi connectivity index (χ4v) is 12.8. The second-order valence-electron chi connectivity index (χ2n) is 25.7. The number of fused-ring (bicyclic) bond motifs is 4. The number of rotatable bonds is 28. The lowest BCUT2D eigenvalue weighted by Crippen LogP contribution is -2.64. The highest BCUT2D eigenvalue weighted by atomic mass is 35.5.